The van der Waals surface area contributed by atoms with E-state index in [0.717, 1.165) is 25.3 Å². The Labute approximate surface area is 107 Å². The molecule has 0 saturated heterocycles. The van der Waals surface area contributed by atoms with Gasteiger partial charge in [0.2, 0.25) is 0 Å². The molecule has 15 heavy (non-hydrogen) atoms. The average molecular weight is 315 g/mol. The lowest BCUT2D eigenvalue weighted by atomic mass is 10.2. The predicted octanol–water partition coefficient (Wildman–Crippen LogP) is 2.47. The van der Waals surface area contributed by atoms with Crippen molar-refractivity contribution in [2.75, 3.05) is 19.7 Å². The number of hydrogen-bond acceptors (Lipinski definition) is 2. The number of benzene rings is 1. The Morgan fingerprint density at radius 2 is 1.93 bits per heavy atom. The maximum absolute atomic E-state index is 5.72. The van der Waals surface area contributed by atoms with E-state index in [9.17, 15) is 0 Å². The van der Waals surface area contributed by atoms with E-state index < -0.39 is 0 Å². The fraction of sp³-hybridized carbons (Fsp3) is 0.455. The molecule has 1 aromatic carbocycles. The van der Waals surface area contributed by atoms with Gasteiger partial charge in [-0.15, -0.1) is 0 Å². The van der Waals surface area contributed by atoms with Gasteiger partial charge in [0, 0.05) is 10.1 Å². The quantitative estimate of drug-likeness (QED) is 0.591. The van der Waals surface area contributed by atoms with Crippen LogP contribution in [0.3, 0.4) is 0 Å². The Bertz CT molecular complexity index is 278. The smallest absolute Gasteiger partial charge is 0.182 e. The van der Waals surface area contributed by atoms with E-state index in [-0.39, 0.29) is 0 Å². The molecule has 0 bridgehead atoms. The second-order valence-corrected chi connectivity index (χ2v) is 4.58. The van der Waals surface area contributed by atoms with Gasteiger partial charge in [-0.3, -0.25) is 0 Å². The molecule has 0 heterocycles. The Morgan fingerprint density at radius 3 is 2.53 bits per heavy atom. The summed E-state index contributed by atoms with van der Waals surface area (Å²) in [4.78, 5) is 1.78. The molecule has 1 aromatic rings. The topological polar surface area (TPSA) is 12.5 Å². The van der Waals surface area contributed by atoms with E-state index in [1.165, 1.54) is 3.57 Å². The van der Waals surface area contributed by atoms with Gasteiger partial charge in [0.1, 0.15) is 5.75 Å². The van der Waals surface area contributed by atoms with E-state index >= 15 is 0 Å². The summed E-state index contributed by atoms with van der Waals surface area (Å²) in [5.74, 6) is 0.903. The average Bonchev–Trinajstić information content (AvgIpc) is 2.21. The standard InChI is InChI=1S/C11H15BINO/c1-2-7-14(12)8-9-15-11-5-3-10(13)4-6-11/h3-6H,2,7-9H2,1H3. The third kappa shape index (κ3) is 5.42. The highest BCUT2D eigenvalue weighted by Crippen LogP contribution is 2.13. The zero-order chi connectivity index (χ0) is 11.1. The molecule has 0 amide bonds. The second-order valence-electron chi connectivity index (χ2n) is 3.34. The van der Waals surface area contributed by atoms with Crippen molar-refractivity contribution in [2.24, 2.45) is 0 Å². The van der Waals surface area contributed by atoms with Crippen molar-refractivity contribution in [3.05, 3.63) is 27.8 Å². The molecule has 0 aliphatic rings. The molecular formula is C11H15BINO. The summed E-state index contributed by atoms with van der Waals surface area (Å²) in [6.07, 6.45) is 1.07. The lowest BCUT2D eigenvalue weighted by Gasteiger charge is -2.16. The summed E-state index contributed by atoms with van der Waals surface area (Å²) < 4.78 is 6.77. The van der Waals surface area contributed by atoms with E-state index in [2.05, 4.69) is 29.5 Å². The van der Waals surface area contributed by atoms with Crippen molar-refractivity contribution in [3.63, 3.8) is 0 Å². The summed E-state index contributed by atoms with van der Waals surface area (Å²) >= 11 is 2.27. The van der Waals surface area contributed by atoms with Gasteiger partial charge in [-0.1, -0.05) is 6.92 Å². The number of rotatable bonds is 6. The van der Waals surface area contributed by atoms with E-state index in [1.807, 2.05) is 24.3 Å². The maximum Gasteiger partial charge on any atom is 0.182 e. The molecule has 0 aliphatic heterocycles. The first-order valence-electron chi connectivity index (χ1n) is 5.10. The molecule has 4 heteroatoms. The third-order valence-electron chi connectivity index (χ3n) is 1.97. The van der Waals surface area contributed by atoms with Crippen LogP contribution in [0.5, 0.6) is 5.75 Å². The van der Waals surface area contributed by atoms with Crippen LogP contribution >= 0.6 is 22.6 Å². The van der Waals surface area contributed by atoms with Crippen molar-refractivity contribution in [3.8, 4) is 5.75 Å². The molecule has 0 spiro atoms. The highest BCUT2D eigenvalue weighted by atomic mass is 127. The van der Waals surface area contributed by atoms with Crippen molar-refractivity contribution in [1.29, 1.82) is 0 Å². The Kier molecular flexibility index (Phi) is 6.09. The largest absolute Gasteiger partial charge is 0.492 e. The first-order valence-corrected chi connectivity index (χ1v) is 6.18. The summed E-state index contributed by atoms with van der Waals surface area (Å²) in [5, 5.41) is 0. The highest BCUT2D eigenvalue weighted by molar-refractivity contribution is 14.1. The van der Waals surface area contributed by atoms with Crippen molar-refractivity contribution in [1.82, 2.24) is 4.81 Å². The number of ether oxygens (including phenoxy) is 1. The van der Waals surface area contributed by atoms with Gasteiger partial charge >= 0.3 is 0 Å². The summed E-state index contributed by atoms with van der Waals surface area (Å²) in [6, 6.07) is 8.01. The zero-order valence-electron chi connectivity index (χ0n) is 8.95. The predicted molar refractivity (Wildman–Crippen MR) is 72.3 cm³/mol. The van der Waals surface area contributed by atoms with E-state index in [4.69, 9.17) is 12.7 Å². The summed E-state index contributed by atoms with van der Waals surface area (Å²) in [5.41, 5.74) is 0. The van der Waals surface area contributed by atoms with Crippen LogP contribution in [-0.4, -0.2) is 32.5 Å². The van der Waals surface area contributed by atoms with Crippen molar-refractivity contribution < 1.29 is 4.74 Å². The van der Waals surface area contributed by atoms with Crippen molar-refractivity contribution in [2.45, 2.75) is 13.3 Å². The van der Waals surface area contributed by atoms with Gasteiger partial charge in [0.05, 0.1) is 6.61 Å². The van der Waals surface area contributed by atoms with Gasteiger partial charge < -0.3 is 9.55 Å². The van der Waals surface area contributed by atoms with Crippen LogP contribution in [0.25, 0.3) is 0 Å². The van der Waals surface area contributed by atoms with Gasteiger partial charge in [-0.25, -0.2) is 0 Å². The molecule has 0 aliphatic carbocycles. The first-order chi connectivity index (χ1) is 7.22. The fourth-order valence-corrected chi connectivity index (χ4v) is 1.57. The number of nitrogens with zero attached hydrogens (tertiary/aromatic N) is 1. The minimum atomic E-state index is 0.636. The van der Waals surface area contributed by atoms with Crippen LogP contribution in [0, 0.1) is 3.57 Å². The fourth-order valence-electron chi connectivity index (χ4n) is 1.21. The van der Waals surface area contributed by atoms with Crippen LogP contribution in [0.1, 0.15) is 13.3 Å². The van der Waals surface area contributed by atoms with Gasteiger partial charge in [0.25, 0.3) is 0 Å². The molecular weight excluding hydrogens is 300 g/mol. The molecule has 0 unspecified atom stereocenters. The second kappa shape index (κ2) is 7.12. The summed E-state index contributed by atoms with van der Waals surface area (Å²) in [7, 11) is 5.72. The minimum absolute atomic E-state index is 0.636. The molecule has 1 rings (SSSR count). The molecule has 2 radical (unpaired) electrons. The molecule has 0 aromatic heterocycles. The normalized spacial score (nSPS) is 10.6. The van der Waals surface area contributed by atoms with Gasteiger partial charge in [-0.2, -0.15) is 0 Å². The van der Waals surface area contributed by atoms with E-state index in [1.54, 1.807) is 4.81 Å². The minimum Gasteiger partial charge on any atom is -0.492 e. The highest BCUT2D eigenvalue weighted by Gasteiger charge is 1.97. The molecule has 0 fully saturated rings. The van der Waals surface area contributed by atoms with Gasteiger partial charge in [-0.05, 0) is 59.8 Å². The lowest BCUT2D eigenvalue weighted by molar-refractivity contribution is 0.277. The van der Waals surface area contributed by atoms with Crippen molar-refractivity contribution >= 4 is 30.6 Å². The molecule has 2 nitrogen and oxygen atoms in total. The molecule has 0 N–H and O–H groups in total. The molecule has 0 atom stereocenters. The van der Waals surface area contributed by atoms with Crippen LogP contribution in [0.2, 0.25) is 0 Å². The van der Waals surface area contributed by atoms with Crippen LogP contribution < -0.4 is 4.74 Å². The monoisotopic (exact) mass is 315 g/mol. The molecule has 80 valence electrons. The van der Waals surface area contributed by atoms with Crippen LogP contribution in [-0.2, 0) is 0 Å². The zero-order valence-corrected chi connectivity index (χ0v) is 11.1. The first kappa shape index (κ1) is 12.8. The number of hydrogen-bond donors (Lipinski definition) is 0. The Balaban J connectivity index is 2.22. The Hall–Kier alpha value is -0.225. The van der Waals surface area contributed by atoms with E-state index in [0.29, 0.717) is 6.61 Å². The van der Waals surface area contributed by atoms with Crippen LogP contribution in [0.4, 0.5) is 0 Å². The van der Waals surface area contributed by atoms with Gasteiger partial charge in [0.15, 0.2) is 7.98 Å². The number of halogens is 1. The van der Waals surface area contributed by atoms with Crippen LogP contribution in [0.15, 0.2) is 24.3 Å². The summed E-state index contributed by atoms with van der Waals surface area (Å²) in [6.45, 7) is 4.42. The Morgan fingerprint density at radius 1 is 1.27 bits per heavy atom. The SMILES string of the molecule is [B]N(CCC)CCOc1ccc(I)cc1. The maximum atomic E-state index is 5.72. The lowest BCUT2D eigenvalue weighted by Crippen LogP contribution is -2.26. The molecule has 0 saturated carbocycles. The third-order valence-corrected chi connectivity index (χ3v) is 2.69.